The van der Waals surface area contributed by atoms with Gasteiger partial charge in [-0.3, -0.25) is 29.4 Å². The van der Waals surface area contributed by atoms with Crippen molar-refractivity contribution in [2.75, 3.05) is 26.2 Å². The van der Waals surface area contributed by atoms with Crippen LogP contribution in [0.15, 0.2) is 45.8 Å². The van der Waals surface area contributed by atoms with E-state index >= 15 is 0 Å². The SMILES string of the molecule is CCOc1cc(C=C2SC(=O)N(CC(=O)N3CCCCCC3)C2=O)cc(Br)c1OCc1cccc([N+](=O)[O-])c1. The molecule has 0 aliphatic carbocycles. The summed E-state index contributed by atoms with van der Waals surface area (Å²) in [6.07, 6.45) is 5.59. The Morgan fingerprint density at radius 1 is 1.13 bits per heavy atom. The first-order valence-electron chi connectivity index (χ1n) is 12.6. The lowest BCUT2D eigenvalue weighted by atomic mass is 10.1. The molecule has 2 heterocycles. The standard InChI is InChI=1S/C27H28BrN3O7S/c1-2-37-22-14-19(13-21(28)25(22)38-17-18-8-7-9-20(12-18)31(35)36)15-23-26(33)30(27(34)39-23)16-24(32)29-10-5-3-4-6-11-29/h7-9,12-15H,2-6,10-11,16-17H2,1H3. The van der Waals surface area contributed by atoms with Gasteiger partial charge in [-0.2, -0.15) is 0 Å². The van der Waals surface area contributed by atoms with Crippen molar-refractivity contribution >= 4 is 56.5 Å². The van der Waals surface area contributed by atoms with E-state index in [0.717, 1.165) is 42.3 Å². The molecule has 2 aliphatic heterocycles. The first kappa shape index (κ1) is 28.6. The maximum atomic E-state index is 13.0. The third-order valence-corrected chi connectivity index (χ3v) is 7.76. The Hall–Kier alpha value is -3.38. The minimum absolute atomic E-state index is 0.0300. The fraction of sp³-hybridized carbons (Fsp3) is 0.370. The molecule has 39 heavy (non-hydrogen) atoms. The van der Waals surface area contributed by atoms with Gasteiger partial charge in [0.05, 0.1) is 20.9 Å². The van der Waals surface area contributed by atoms with Crippen molar-refractivity contribution in [1.29, 1.82) is 0 Å². The maximum Gasteiger partial charge on any atom is 0.294 e. The lowest BCUT2D eigenvalue weighted by molar-refractivity contribution is -0.384. The predicted octanol–water partition coefficient (Wildman–Crippen LogP) is 5.77. The molecular formula is C27H28BrN3O7S. The summed E-state index contributed by atoms with van der Waals surface area (Å²) in [6, 6.07) is 9.58. The van der Waals surface area contributed by atoms with Crippen LogP contribution in [0.5, 0.6) is 11.5 Å². The van der Waals surface area contributed by atoms with Crippen molar-refractivity contribution in [3.05, 3.63) is 67.0 Å². The largest absolute Gasteiger partial charge is 0.490 e. The lowest BCUT2D eigenvalue weighted by Crippen LogP contribution is -2.42. The number of amides is 3. The average molecular weight is 619 g/mol. The highest BCUT2D eigenvalue weighted by molar-refractivity contribution is 9.10. The van der Waals surface area contributed by atoms with Crippen LogP contribution >= 0.6 is 27.7 Å². The Morgan fingerprint density at radius 3 is 2.56 bits per heavy atom. The zero-order chi connectivity index (χ0) is 27.9. The first-order valence-corrected chi connectivity index (χ1v) is 14.2. The van der Waals surface area contributed by atoms with Crippen LogP contribution in [0.3, 0.4) is 0 Å². The van der Waals surface area contributed by atoms with E-state index in [9.17, 15) is 24.5 Å². The van der Waals surface area contributed by atoms with Gasteiger partial charge in [0.2, 0.25) is 5.91 Å². The van der Waals surface area contributed by atoms with Gasteiger partial charge >= 0.3 is 0 Å². The van der Waals surface area contributed by atoms with Crippen LogP contribution in [-0.4, -0.2) is 58.0 Å². The number of carbonyl (C=O) groups excluding carboxylic acids is 3. The molecule has 0 radical (unpaired) electrons. The summed E-state index contributed by atoms with van der Waals surface area (Å²) in [7, 11) is 0. The van der Waals surface area contributed by atoms with Crippen LogP contribution in [0.1, 0.15) is 43.7 Å². The summed E-state index contributed by atoms with van der Waals surface area (Å²) in [6.45, 7) is 3.27. The van der Waals surface area contributed by atoms with Crippen LogP contribution in [0, 0.1) is 10.1 Å². The van der Waals surface area contributed by atoms with E-state index in [2.05, 4.69) is 15.9 Å². The molecule has 2 aromatic carbocycles. The number of imide groups is 1. The van der Waals surface area contributed by atoms with E-state index in [4.69, 9.17) is 9.47 Å². The quantitative estimate of drug-likeness (QED) is 0.197. The molecule has 2 aliphatic rings. The fourth-order valence-electron chi connectivity index (χ4n) is 4.33. The molecule has 2 saturated heterocycles. The number of non-ortho nitro benzene ring substituents is 1. The molecular weight excluding hydrogens is 590 g/mol. The van der Waals surface area contributed by atoms with Crippen LogP contribution in [0.25, 0.3) is 6.08 Å². The Bertz CT molecular complexity index is 1310. The summed E-state index contributed by atoms with van der Waals surface area (Å²) in [4.78, 5) is 51.9. The summed E-state index contributed by atoms with van der Waals surface area (Å²) >= 11 is 4.28. The van der Waals surface area contributed by atoms with E-state index in [-0.39, 0.29) is 29.7 Å². The Labute approximate surface area is 238 Å². The lowest BCUT2D eigenvalue weighted by Gasteiger charge is -2.22. The van der Waals surface area contributed by atoms with Crippen molar-refractivity contribution in [1.82, 2.24) is 9.80 Å². The Morgan fingerprint density at radius 2 is 1.87 bits per heavy atom. The number of likely N-dealkylation sites (tertiary alicyclic amines) is 1. The minimum atomic E-state index is -0.506. The molecule has 0 spiro atoms. The second-order valence-corrected chi connectivity index (χ2v) is 10.9. The normalized spacial score (nSPS) is 16.9. The number of rotatable bonds is 9. The van der Waals surface area contributed by atoms with Gasteiger partial charge in [-0.25, -0.2) is 0 Å². The van der Waals surface area contributed by atoms with Crippen molar-refractivity contribution in [2.45, 2.75) is 39.2 Å². The maximum absolute atomic E-state index is 13.0. The number of nitro benzene ring substituents is 1. The third kappa shape index (κ3) is 7.18. The number of ether oxygens (including phenoxy) is 2. The minimum Gasteiger partial charge on any atom is -0.490 e. The first-order chi connectivity index (χ1) is 18.8. The number of benzene rings is 2. The van der Waals surface area contributed by atoms with Gasteiger partial charge in [0.25, 0.3) is 16.8 Å². The number of carbonyl (C=O) groups is 3. The monoisotopic (exact) mass is 617 g/mol. The molecule has 10 nitrogen and oxygen atoms in total. The average Bonchev–Trinajstić information content (AvgIpc) is 3.09. The van der Waals surface area contributed by atoms with Crippen LogP contribution in [-0.2, 0) is 16.2 Å². The molecule has 12 heteroatoms. The van der Waals surface area contributed by atoms with Gasteiger partial charge in [-0.1, -0.05) is 25.0 Å². The molecule has 0 N–H and O–H groups in total. The Balaban J connectivity index is 1.50. The highest BCUT2D eigenvalue weighted by atomic mass is 79.9. The number of halogens is 1. The highest BCUT2D eigenvalue weighted by Crippen LogP contribution is 2.40. The molecule has 0 aromatic heterocycles. The Kier molecular flexibility index (Phi) is 9.63. The number of nitrogens with zero attached hydrogens (tertiary/aromatic N) is 3. The topological polar surface area (TPSA) is 119 Å². The smallest absolute Gasteiger partial charge is 0.294 e. The predicted molar refractivity (Wildman–Crippen MR) is 150 cm³/mol. The second-order valence-electron chi connectivity index (χ2n) is 9.04. The van der Waals surface area contributed by atoms with Gasteiger partial charge < -0.3 is 14.4 Å². The summed E-state index contributed by atoms with van der Waals surface area (Å²) in [5.74, 6) is 0.0797. The van der Waals surface area contributed by atoms with E-state index < -0.39 is 16.1 Å². The van der Waals surface area contributed by atoms with E-state index in [1.54, 1.807) is 35.2 Å². The van der Waals surface area contributed by atoms with E-state index in [1.165, 1.54) is 12.1 Å². The van der Waals surface area contributed by atoms with Crippen molar-refractivity contribution in [3.8, 4) is 11.5 Å². The third-order valence-electron chi connectivity index (χ3n) is 6.26. The molecule has 0 atom stereocenters. The summed E-state index contributed by atoms with van der Waals surface area (Å²) in [5.41, 5.74) is 1.18. The molecule has 3 amide bonds. The molecule has 2 aromatic rings. The molecule has 0 unspecified atom stereocenters. The van der Waals surface area contributed by atoms with Crippen LogP contribution in [0.4, 0.5) is 10.5 Å². The van der Waals surface area contributed by atoms with Gasteiger partial charge in [-0.15, -0.1) is 0 Å². The molecule has 2 fully saturated rings. The highest BCUT2D eigenvalue weighted by Gasteiger charge is 2.37. The fourth-order valence-corrected chi connectivity index (χ4v) is 5.75. The van der Waals surface area contributed by atoms with Crippen LogP contribution in [0.2, 0.25) is 0 Å². The second kappa shape index (κ2) is 13.1. The number of hydrogen-bond donors (Lipinski definition) is 0. The molecule has 0 bridgehead atoms. The van der Waals surface area contributed by atoms with Gasteiger partial charge in [0.15, 0.2) is 11.5 Å². The number of hydrogen-bond acceptors (Lipinski definition) is 8. The molecule has 4 rings (SSSR count). The summed E-state index contributed by atoms with van der Waals surface area (Å²) in [5, 5.41) is 10.6. The van der Waals surface area contributed by atoms with Crippen molar-refractivity contribution in [3.63, 3.8) is 0 Å². The van der Waals surface area contributed by atoms with E-state index in [0.29, 0.717) is 46.8 Å². The summed E-state index contributed by atoms with van der Waals surface area (Å²) < 4.78 is 12.2. The van der Waals surface area contributed by atoms with E-state index in [1.807, 2.05) is 6.92 Å². The van der Waals surface area contributed by atoms with Gasteiger partial charge in [0, 0.05) is 25.2 Å². The van der Waals surface area contributed by atoms with Crippen molar-refractivity contribution in [2.24, 2.45) is 0 Å². The van der Waals surface area contributed by atoms with Crippen molar-refractivity contribution < 1.29 is 28.8 Å². The number of thioether (sulfide) groups is 1. The number of nitro groups is 1. The molecule has 206 valence electrons. The molecule has 0 saturated carbocycles. The zero-order valence-corrected chi connectivity index (χ0v) is 23.8. The van der Waals surface area contributed by atoms with Crippen LogP contribution < -0.4 is 9.47 Å². The zero-order valence-electron chi connectivity index (χ0n) is 21.4. The van der Waals surface area contributed by atoms with Gasteiger partial charge in [0.1, 0.15) is 13.2 Å². The van der Waals surface area contributed by atoms with Gasteiger partial charge in [-0.05, 0) is 76.8 Å².